The number of aliphatic hydroxyl groups is 1. The molecule has 6 heteroatoms. The normalized spacial score (nSPS) is 26.9. The van der Waals surface area contributed by atoms with Gasteiger partial charge in [-0.3, -0.25) is 9.59 Å². The van der Waals surface area contributed by atoms with Crippen molar-refractivity contribution in [2.45, 2.75) is 51.2 Å². The molecule has 1 aliphatic carbocycles. The maximum atomic E-state index is 12.2. The minimum atomic E-state index is -0.293. The van der Waals surface area contributed by atoms with Crippen LogP contribution in [-0.2, 0) is 14.3 Å². The lowest BCUT2D eigenvalue weighted by molar-refractivity contribution is -0.146. The largest absolute Gasteiger partial charge is 0.394 e. The Morgan fingerprint density at radius 1 is 1.33 bits per heavy atom. The third-order valence-corrected chi connectivity index (χ3v) is 4.39. The molecule has 2 fully saturated rings. The van der Waals surface area contributed by atoms with Crippen LogP contribution in [0.4, 0.5) is 0 Å². The van der Waals surface area contributed by atoms with Gasteiger partial charge in [0.2, 0.25) is 11.8 Å². The van der Waals surface area contributed by atoms with E-state index < -0.39 is 0 Å². The van der Waals surface area contributed by atoms with Gasteiger partial charge in [0, 0.05) is 25.4 Å². The number of rotatable bonds is 5. The molecule has 2 atom stereocenters. The highest BCUT2D eigenvalue weighted by molar-refractivity contribution is 5.80. The van der Waals surface area contributed by atoms with E-state index in [1.165, 1.54) is 0 Å². The van der Waals surface area contributed by atoms with Crippen LogP contribution in [0, 0.1) is 5.92 Å². The summed E-state index contributed by atoms with van der Waals surface area (Å²) in [5.74, 6) is 0.237. The first-order valence-electron chi connectivity index (χ1n) is 7.91. The first kappa shape index (κ1) is 16.2. The molecule has 21 heavy (non-hydrogen) atoms. The molecule has 1 saturated heterocycles. The molecule has 6 nitrogen and oxygen atoms in total. The van der Waals surface area contributed by atoms with Crippen LogP contribution in [0.3, 0.4) is 0 Å². The van der Waals surface area contributed by atoms with Gasteiger partial charge in [0.15, 0.2) is 0 Å². The van der Waals surface area contributed by atoms with Crippen molar-refractivity contribution in [2.75, 3.05) is 26.3 Å². The van der Waals surface area contributed by atoms with E-state index in [0.29, 0.717) is 26.1 Å². The second kappa shape index (κ2) is 7.75. The van der Waals surface area contributed by atoms with Gasteiger partial charge in [-0.05, 0) is 19.8 Å². The minimum absolute atomic E-state index is 0.0102. The van der Waals surface area contributed by atoms with E-state index in [1.54, 1.807) is 4.90 Å². The Morgan fingerprint density at radius 3 is 2.71 bits per heavy atom. The van der Waals surface area contributed by atoms with Crippen molar-refractivity contribution in [2.24, 2.45) is 5.92 Å². The van der Waals surface area contributed by atoms with Crippen LogP contribution in [0.15, 0.2) is 0 Å². The van der Waals surface area contributed by atoms with Crippen molar-refractivity contribution in [3.63, 3.8) is 0 Å². The maximum absolute atomic E-state index is 12.2. The Balaban J connectivity index is 1.71. The number of aliphatic hydroxyl groups excluding tert-OH is 1. The van der Waals surface area contributed by atoms with Crippen LogP contribution in [0.5, 0.6) is 0 Å². The van der Waals surface area contributed by atoms with Crippen LogP contribution in [-0.4, -0.2) is 60.3 Å². The minimum Gasteiger partial charge on any atom is -0.394 e. The standard InChI is InChI=1S/C15H26N2O4/c1-11-10-21-13(9-18)8-17(11)14(19)6-7-16-15(20)12-4-2-3-5-12/h11-13,18H,2-10H2,1H3,(H,16,20). The lowest BCUT2D eigenvalue weighted by Crippen LogP contribution is -2.52. The smallest absolute Gasteiger partial charge is 0.224 e. The zero-order valence-corrected chi connectivity index (χ0v) is 12.7. The summed E-state index contributed by atoms with van der Waals surface area (Å²) in [7, 11) is 0. The first-order chi connectivity index (χ1) is 10.1. The molecule has 2 unspecified atom stereocenters. The maximum Gasteiger partial charge on any atom is 0.224 e. The van der Waals surface area contributed by atoms with E-state index in [-0.39, 0.29) is 36.5 Å². The summed E-state index contributed by atoms with van der Waals surface area (Å²) < 4.78 is 5.42. The highest BCUT2D eigenvalue weighted by atomic mass is 16.5. The molecule has 1 heterocycles. The topological polar surface area (TPSA) is 78.9 Å². The summed E-state index contributed by atoms with van der Waals surface area (Å²) in [6.45, 7) is 3.12. The highest BCUT2D eigenvalue weighted by Crippen LogP contribution is 2.24. The lowest BCUT2D eigenvalue weighted by Gasteiger charge is -2.37. The molecule has 1 saturated carbocycles. The molecule has 0 aromatic carbocycles. The third kappa shape index (κ3) is 4.41. The number of amides is 2. The summed E-state index contributed by atoms with van der Waals surface area (Å²) >= 11 is 0. The van der Waals surface area contributed by atoms with Crippen LogP contribution in [0.1, 0.15) is 39.0 Å². The van der Waals surface area contributed by atoms with Gasteiger partial charge in [0.1, 0.15) is 0 Å². The van der Waals surface area contributed by atoms with Gasteiger partial charge in [-0.1, -0.05) is 12.8 Å². The average Bonchev–Trinajstić information content (AvgIpc) is 3.01. The SMILES string of the molecule is CC1COC(CO)CN1C(=O)CCNC(=O)C1CCCC1. The number of hydrogen-bond acceptors (Lipinski definition) is 4. The van der Waals surface area contributed by atoms with Gasteiger partial charge in [0.25, 0.3) is 0 Å². The fourth-order valence-electron chi connectivity index (χ4n) is 3.04. The molecular formula is C15H26N2O4. The summed E-state index contributed by atoms with van der Waals surface area (Å²) in [5, 5.41) is 12.0. The highest BCUT2D eigenvalue weighted by Gasteiger charge is 2.29. The predicted octanol–water partition coefficient (Wildman–Crippen LogP) is 0.291. The fourth-order valence-corrected chi connectivity index (χ4v) is 3.04. The molecule has 0 spiro atoms. The Bertz CT molecular complexity index is 369. The van der Waals surface area contributed by atoms with Gasteiger partial charge >= 0.3 is 0 Å². The lowest BCUT2D eigenvalue weighted by atomic mass is 10.1. The molecule has 0 radical (unpaired) electrons. The zero-order valence-electron chi connectivity index (χ0n) is 12.7. The van der Waals surface area contributed by atoms with E-state index in [1.807, 2.05) is 6.92 Å². The van der Waals surface area contributed by atoms with Crippen LogP contribution < -0.4 is 5.32 Å². The average molecular weight is 298 g/mol. The van der Waals surface area contributed by atoms with Crippen LogP contribution in [0.25, 0.3) is 0 Å². The van der Waals surface area contributed by atoms with E-state index in [0.717, 1.165) is 25.7 Å². The molecule has 1 aliphatic heterocycles. The van der Waals surface area contributed by atoms with Crippen molar-refractivity contribution >= 4 is 11.8 Å². The molecular weight excluding hydrogens is 272 g/mol. The van der Waals surface area contributed by atoms with Crippen molar-refractivity contribution in [1.82, 2.24) is 10.2 Å². The van der Waals surface area contributed by atoms with Crippen LogP contribution >= 0.6 is 0 Å². The van der Waals surface area contributed by atoms with Gasteiger partial charge in [-0.25, -0.2) is 0 Å². The number of nitrogens with one attached hydrogen (secondary N) is 1. The van der Waals surface area contributed by atoms with Gasteiger partial charge in [-0.15, -0.1) is 0 Å². The number of carbonyl (C=O) groups excluding carboxylic acids is 2. The number of nitrogens with zero attached hydrogens (tertiary/aromatic N) is 1. The number of hydrogen-bond donors (Lipinski definition) is 2. The van der Waals surface area contributed by atoms with Crippen molar-refractivity contribution < 1.29 is 19.4 Å². The summed E-state index contributed by atoms with van der Waals surface area (Å²) in [6.07, 6.45) is 4.21. The van der Waals surface area contributed by atoms with E-state index in [2.05, 4.69) is 5.32 Å². The number of morpholine rings is 1. The second-order valence-corrected chi connectivity index (χ2v) is 6.06. The molecule has 2 rings (SSSR count). The Labute approximate surface area is 125 Å². The summed E-state index contributed by atoms with van der Waals surface area (Å²) in [5.41, 5.74) is 0. The monoisotopic (exact) mass is 298 g/mol. The van der Waals surface area contributed by atoms with Gasteiger partial charge in [0.05, 0.1) is 25.4 Å². The Morgan fingerprint density at radius 2 is 2.05 bits per heavy atom. The molecule has 2 amide bonds. The zero-order chi connectivity index (χ0) is 15.2. The molecule has 0 aromatic rings. The Kier molecular flexibility index (Phi) is 5.99. The van der Waals surface area contributed by atoms with Crippen molar-refractivity contribution in [3.8, 4) is 0 Å². The van der Waals surface area contributed by atoms with Crippen LogP contribution in [0.2, 0.25) is 0 Å². The van der Waals surface area contributed by atoms with E-state index in [9.17, 15) is 9.59 Å². The summed E-state index contributed by atoms with van der Waals surface area (Å²) in [6, 6.07) is 0.0193. The fraction of sp³-hybridized carbons (Fsp3) is 0.867. The molecule has 0 bridgehead atoms. The number of carbonyl (C=O) groups is 2. The van der Waals surface area contributed by atoms with Gasteiger partial charge in [-0.2, -0.15) is 0 Å². The molecule has 2 N–H and O–H groups in total. The van der Waals surface area contributed by atoms with E-state index in [4.69, 9.17) is 9.84 Å². The van der Waals surface area contributed by atoms with E-state index >= 15 is 0 Å². The van der Waals surface area contributed by atoms with Crippen molar-refractivity contribution in [3.05, 3.63) is 0 Å². The second-order valence-electron chi connectivity index (χ2n) is 6.06. The third-order valence-electron chi connectivity index (χ3n) is 4.39. The van der Waals surface area contributed by atoms with Gasteiger partial charge < -0.3 is 20.1 Å². The molecule has 2 aliphatic rings. The number of ether oxygens (including phenoxy) is 1. The predicted molar refractivity (Wildman–Crippen MR) is 77.6 cm³/mol. The summed E-state index contributed by atoms with van der Waals surface area (Å²) in [4.78, 5) is 25.8. The Hall–Kier alpha value is -1.14. The molecule has 120 valence electrons. The molecule has 0 aromatic heterocycles. The quantitative estimate of drug-likeness (QED) is 0.765. The van der Waals surface area contributed by atoms with Crippen molar-refractivity contribution in [1.29, 1.82) is 0 Å². The first-order valence-corrected chi connectivity index (χ1v) is 7.91.